The molecular weight excluding hydrogens is 170 g/mol. The molecule has 0 spiro atoms. The highest BCUT2D eigenvalue weighted by molar-refractivity contribution is 5.84. The van der Waals surface area contributed by atoms with Gasteiger partial charge in [-0.1, -0.05) is 0 Å². The third-order valence-corrected chi connectivity index (χ3v) is 2.18. The molecule has 0 aromatic heterocycles. The normalized spacial score (nSPS) is 27.8. The molecule has 0 radical (unpaired) electrons. The van der Waals surface area contributed by atoms with Gasteiger partial charge in [0.2, 0.25) is 0 Å². The molecule has 13 heavy (non-hydrogen) atoms. The molecule has 0 saturated carbocycles. The number of ketones is 1. The van der Waals surface area contributed by atoms with Crippen molar-refractivity contribution in [3.05, 3.63) is 0 Å². The van der Waals surface area contributed by atoms with Crippen molar-refractivity contribution < 1.29 is 14.3 Å². The molecule has 1 aliphatic rings. The van der Waals surface area contributed by atoms with Gasteiger partial charge in [-0.25, -0.2) is 0 Å². The van der Waals surface area contributed by atoms with Gasteiger partial charge in [-0.15, -0.1) is 0 Å². The zero-order valence-corrected chi connectivity index (χ0v) is 7.99. The SMILES string of the molecule is CCOCC(=O)C1CCC(CN)O1. The van der Waals surface area contributed by atoms with E-state index < -0.39 is 0 Å². The zero-order chi connectivity index (χ0) is 9.68. The van der Waals surface area contributed by atoms with Gasteiger partial charge in [-0.3, -0.25) is 4.79 Å². The second kappa shape index (κ2) is 5.32. The Morgan fingerprint density at radius 1 is 1.62 bits per heavy atom. The molecule has 0 aliphatic carbocycles. The minimum Gasteiger partial charge on any atom is -0.374 e. The van der Waals surface area contributed by atoms with E-state index in [0.717, 1.165) is 12.8 Å². The smallest absolute Gasteiger partial charge is 0.187 e. The number of Topliss-reactive ketones (excluding diaryl/α,β-unsaturated/α-hetero) is 1. The highest BCUT2D eigenvalue weighted by Gasteiger charge is 2.29. The second-order valence-corrected chi connectivity index (χ2v) is 3.16. The standard InChI is InChI=1S/C9H17NO3/c1-2-12-6-8(11)9-4-3-7(5-10)13-9/h7,9H,2-6,10H2,1H3. The van der Waals surface area contributed by atoms with Gasteiger partial charge in [0, 0.05) is 13.2 Å². The minimum atomic E-state index is -0.278. The maximum atomic E-state index is 11.4. The third kappa shape index (κ3) is 3.06. The van der Waals surface area contributed by atoms with Gasteiger partial charge in [0.15, 0.2) is 5.78 Å². The van der Waals surface area contributed by atoms with Crippen molar-refractivity contribution in [2.45, 2.75) is 32.0 Å². The van der Waals surface area contributed by atoms with Gasteiger partial charge >= 0.3 is 0 Å². The molecule has 1 rings (SSSR count). The lowest BCUT2D eigenvalue weighted by Gasteiger charge is -2.10. The lowest BCUT2D eigenvalue weighted by Crippen LogP contribution is -2.27. The number of rotatable bonds is 5. The minimum absolute atomic E-state index is 0.0396. The number of nitrogens with two attached hydrogens (primary N) is 1. The summed E-state index contributed by atoms with van der Waals surface area (Å²) < 4.78 is 10.4. The van der Waals surface area contributed by atoms with Crippen molar-refractivity contribution in [2.24, 2.45) is 5.73 Å². The highest BCUT2D eigenvalue weighted by Crippen LogP contribution is 2.19. The molecule has 0 bridgehead atoms. The molecule has 1 aliphatic heterocycles. The van der Waals surface area contributed by atoms with Gasteiger partial charge in [0.25, 0.3) is 0 Å². The van der Waals surface area contributed by atoms with Crippen LogP contribution in [0.5, 0.6) is 0 Å². The van der Waals surface area contributed by atoms with Crippen molar-refractivity contribution in [2.75, 3.05) is 19.8 Å². The van der Waals surface area contributed by atoms with Gasteiger partial charge in [-0.2, -0.15) is 0 Å². The number of carbonyl (C=O) groups excluding carboxylic acids is 1. The number of carbonyl (C=O) groups is 1. The summed E-state index contributed by atoms with van der Waals surface area (Å²) in [5.74, 6) is 0.0396. The molecular formula is C9H17NO3. The van der Waals surface area contributed by atoms with Crippen LogP contribution in [0, 0.1) is 0 Å². The van der Waals surface area contributed by atoms with E-state index in [2.05, 4.69) is 0 Å². The average Bonchev–Trinajstić information content (AvgIpc) is 2.62. The van der Waals surface area contributed by atoms with Gasteiger partial charge < -0.3 is 15.2 Å². The van der Waals surface area contributed by atoms with Crippen LogP contribution in [-0.2, 0) is 14.3 Å². The fourth-order valence-electron chi connectivity index (χ4n) is 1.41. The molecule has 2 N–H and O–H groups in total. The van der Waals surface area contributed by atoms with Crippen LogP contribution >= 0.6 is 0 Å². The average molecular weight is 187 g/mol. The summed E-state index contributed by atoms with van der Waals surface area (Å²) in [4.78, 5) is 11.4. The Balaban J connectivity index is 2.25. The van der Waals surface area contributed by atoms with Crippen molar-refractivity contribution >= 4 is 5.78 Å². The van der Waals surface area contributed by atoms with Gasteiger partial charge in [-0.05, 0) is 19.8 Å². The summed E-state index contributed by atoms with van der Waals surface area (Å²) in [5.41, 5.74) is 5.43. The molecule has 2 atom stereocenters. The Labute approximate surface area is 78.4 Å². The van der Waals surface area contributed by atoms with Crippen molar-refractivity contribution in [3.8, 4) is 0 Å². The van der Waals surface area contributed by atoms with Crippen LogP contribution < -0.4 is 5.73 Å². The summed E-state index contributed by atoms with van der Waals surface area (Å²) in [6, 6.07) is 0. The first-order valence-corrected chi connectivity index (χ1v) is 4.74. The van der Waals surface area contributed by atoms with E-state index in [4.69, 9.17) is 15.2 Å². The fraction of sp³-hybridized carbons (Fsp3) is 0.889. The summed E-state index contributed by atoms with van der Waals surface area (Å²) in [5, 5.41) is 0. The van der Waals surface area contributed by atoms with E-state index in [0.29, 0.717) is 13.2 Å². The molecule has 1 saturated heterocycles. The summed E-state index contributed by atoms with van der Waals surface area (Å²) in [6.45, 7) is 3.10. The number of ether oxygens (including phenoxy) is 2. The quantitative estimate of drug-likeness (QED) is 0.663. The first-order chi connectivity index (χ1) is 6.27. The van der Waals surface area contributed by atoms with Crippen LogP contribution in [0.3, 0.4) is 0 Å². The molecule has 4 heteroatoms. The lowest BCUT2D eigenvalue weighted by molar-refractivity contribution is -0.134. The van der Waals surface area contributed by atoms with Crippen LogP contribution in [0.25, 0.3) is 0 Å². The van der Waals surface area contributed by atoms with Crippen LogP contribution in [0.4, 0.5) is 0 Å². The van der Waals surface area contributed by atoms with Crippen molar-refractivity contribution in [1.29, 1.82) is 0 Å². The van der Waals surface area contributed by atoms with E-state index in [9.17, 15) is 4.79 Å². The predicted octanol–water partition coefficient (Wildman–Crippen LogP) is 0.0983. The van der Waals surface area contributed by atoms with E-state index >= 15 is 0 Å². The fourth-order valence-corrected chi connectivity index (χ4v) is 1.41. The molecule has 0 aromatic carbocycles. The molecule has 1 fully saturated rings. The Morgan fingerprint density at radius 3 is 2.92 bits per heavy atom. The van der Waals surface area contributed by atoms with Gasteiger partial charge in [0.05, 0.1) is 6.10 Å². The molecule has 1 heterocycles. The van der Waals surface area contributed by atoms with E-state index in [1.54, 1.807) is 0 Å². The topological polar surface area (TPSA) is 61.5 Å². The number of hydrogen-bond acceptors (Lipinski definition) is 4. The zero-order valence-electron chi connectivity index (χ0n) is 7.99. The van der Waals surface area contributed by atoms with Crippen molar-refractivity contribution in [1.82, 2.24) is 0 Å². The van der Waals surface area contributed by atoms with E-state index in [1.165, 1.54) is 0 Å². The molecule has 2 unspecified atom stereocenters. The molecule has 4 nitrogen and oxygen atoms in total. The summed E-state index contributed by atoms with van der Waals surface area (Å²) in [6.07, 6.45) is 1.46. The van der Waals surface area contributed by atoms with Crippen LogP contribution in [0.1, 0.15) is 19.8 Å². The maximum Gasteiger partial charge on any atom is 0.187 e. The Bertz CT molecular complexity index is 172. The first-order valence-electron chi connectivity index (χ1n) is 4.74. The van der Waals surface area contributed by atoms with Crippen LogP contribution in [-0.4, -0.2) is 37.7 Å². The van der Waals surface area contributed by atoms with E-state index in [1.807, 2.05) is 6.92 Å². The Hall–Kier alpha value is -0.450. The molecule has 0 amide bonds. The second-order valence-electron chi connectivity index (χ2n) is 3.16. The summed E-state index contributed by atoms with van der Waals surface area (Å²) in [7, 11) is 0. The first kappa shape index (κ1) is 10.6. The molecule has 0 aromatic rings. The van der Waals surface area contributed by atoms with Crippen LogP contribution in [0.15, 0.2) is 0 Å². The highest BCUT2D eigenvalue weighted by atomic mass is 16.5. The maximum absolute atomic E-state index is 11.4. The monoisotopic (exact) mass is 187 g/mol. The van der Waals surface area contributed by atoms with Crippen molar-refractivity contribution in [3.63, 3.8) is 0 Å². The predicted molar refractivity (Wildman–Crippen MR) is 48.4 cm³/mol. The third-order valence-electron chi connectivity index (χ3n) is 2.18. The molecule has 76 valence electrons. The van der Waals surface area contributed by atoms with Crippen LogP contribution in [0.2, 0.25) is 0 Å². The Morgan fingerprint density at radius 2 is 2.38 bits per heavy atom. The summed E-state index contributed by atoms with van der Waals surface area (Å²) >= 11 is 0. The Kier molecular flexibility index (Phi) is 4.35. The van der Waals surface area contributed by atoms with Gasteiger partial charge in [0.1, 0.15) is 12.7 Å². The number of hydrogen-bond donors (Lipinski definition) is 1. The van der Waals surface area contributed by atoms with E-state index in [-0.39, 0.29) is 24.6 Å². The lowest BCUT2D eigenvalue weighted by atomic mass is 10.1. The largest absolute Gasteiger partial charge is 0.374 e.